The van der Waals surface area contributed by atoms with Gasteiger partial charge in [-0.3, -0.25) is 4.79 Å². The Kier molecular flexibility index (Phi) is 4.83. The van der Waals surface area contributed by atoms with Gasteiger partial charge in [-0.15, -0.1) is 0 Å². The standard InChI is InChI=1S/C13H21N3OS/c1-3-9-4-5-10(14-2)11(8-9)18-13-15-7-6-12(17)16-13/h6-7,9-11,14H,3-5,8H2,1-2H3,(H,15,16,17). The second kappa shape index (κ2) is 6.38. The Bertz CT molecular complexity index is 434. The number of hydrogen-bond acceptors (Lipinski definition) is 4. The molecule has 0 aromatic carbocycles. The Labute approximate surface area is 112 Å². The lowest BCUT2D eigenvalue weighted by Crippen LogP contribution is -2.40. The number of nitrogens with zero attached hydrogens (tertiary/aromatic N) is 1. The molecule has 3 unspecified atom stereocenters. The summed E-state index contributed by atoms with van der Waals surface area (Å²) in [5, 5.41) is 4.63. The van der Waals surface area contributed by atoms with Crippen molar-refractivity contribution in [3.63, 3.8) is 0 Å². The van der Waals surface area contributed by atoms with Gasteiger partial charge in [-0.2, -0.15) is 0 Å². The Hall–Kier alpha value is -0.810. The summed E-state index contributed by atoms with van der Waals surface area (Å²) in [5.74, 6) is 0.808. The first-order valence-electron chi connectivity index (χ1n) is 6.62. The summed E-state index contributed by atoms with van der Waals surface area (Å²) in [6.45, 7) is 2.26. The highest BCUT2D eigenvalue weighted by atomic mass is 32.2. The van der Waals surface area contributed by atoms with Crippen molar-refractivity contribution in [1.29, 1.82) is 0 Å². The van der Waals surface area contributed by atoms with E-state index in [0.29, 0.717) is 11.3 Å². The molecule has 0 radical (unpaired) electrons. The first-order valence-corrected chi connectivity index (χ1v) is 7.50. The molecule has 1 heterocycles. The van der Waals surface area contributed by atoms with Gasteiger partial charge in [-0.05, 0) is 32.2 Å². The van der Waals surface area contributed by atoms with E-state index in [9.17, 15) is 4.79 Å². The maximum Gasteiger partial charge on any atom is 0.251 e. The molecule has 1 fully saturated rings. The zero-order chi connectivity index (χ0) is 13.0. The molecular formula is C13H21N3OS. The smallest absolute Gasteiger partial charge is 0.251 e. The van der Waals surface area contributed by atoms with E-state index in [1.54, 1.807) is 18.0 Å². The maximum absolute atomic E-state index is 11.3. The van der Waals surface area contributed by atoms with Gasteiger partial charge in [-0.25, -0.2) is 4.98 Å². The van der Waals surface area contributed by atoms with Gasteiger partial charge < -0.3 is 10.3 Å². The number of thioether (sulfide) groups is 1. The van der Waals surface area contributed by atoms with Gasteiger partial charge in [0, 0.05) is 23.6 Å². The van der Waals surface area contributed by atoms with Crippen molar-refractivity contribution in [2.24, 2.45) is 5.92 Å². The minimum Gasteiger partial charge on any atom is -0.316 e. The molecule has 0 bridgehead atoms. The van der Waals surface area contributed by atoms with Crippen LogP contribution in [0.3, 0.4) is 0 Å². The van der Waals surface area contributed by atoms with Crippen LogP contribution in [0.4, 0.5) is 0 Å². The van der Waals surface area contributed by atoms with Crippen molar-refractivity contribution in [2.75, 3.05) is 7.05 Å². The van der Waals surface area contributed by atoms with Crippen LogP contribution in [0.25, 0.3) is 0 Å². The van der Waals surface area contributed by atoms with Crippen molar-refractivity contribution in [3.05, 3.63) is 22.6 Å². The molecule has 100 valence electrons. The third kappa shape index (κ3) is 3.36. The summed E-state index contributed by atoms with van der Waals surface area (Å²) in [6, 6.07) is 1.97. The van der Waals surface area contributed by atoms with Gasteiger partial charge in [0.25, 0.3) is 5.56 Å². The van der Waals surface area contributed by atoms with Crippen molar-refractivity contribution in [2.45, 2.75) is 49.1 Å². The third-order valence-corrected chi connectivity index (χ3v) is 5.01. The lowest BCUT2D eigenvalue weighted by molar-refractivity contribution is 0.304. The fourth-order valence-electron chi connectivity index (χ4n) is 2.60. The second-order valence-corrected chi connectivity index (χ2v) is 6.11. The summed E-state index contributed by atoms with van der Waals surface area (Å²) in [4.78, 5) is 18.3. The van der Waals surface area contributed by atoms with Gasteiger partial charge in [0.05, 0.1) is 0 Å². The Morgan fingerprint density at radius 1 is 1.56 bits per heavy atom. The maximum atomic E-state index is 11.3. The fraction of sp³-hybridized carbons (Fsp3) is 0.692. The van der Waals surface area contributed by atoms with Gasteiger partial charge in [0.1, 0.15) is 0 Å². The van der Waals surface area contributed by atoms with Crippen molar-refractivity contribution in [1.82, 2.24) is 15.3 Å². The zero-order valence-electron chi connectivity index (χ0n) is 11.0. The molecule has 1 aromatic rings. The molecule has 0 amide bonds. The van der Waals surface area contributed by atoms with Crippen LogP contribution in [0.15, 0.2) is 22.2 Å². The summed E-state index contributed by atoms with van der Waals surface area (Å²) >= 11 is 1.70. The number of aromatic amines is 1. The summed E-state index contributed by atoms with van der Waals surface area (Å²) in [7, 11) is 2.02. The van der Waals surface area contributed by atoms with E-state index in [1.807, 2.05) is 7.05 Å². The van der Waals surface area contributed by atoms with Gasteiger partial charge in [-0.1, -0.05) is 25.1 Å². The minimum absolute atomic E-state index is 0.0728. The number of aromatic nitrogens is 2. The molecule has 5 heteroatoms. The van der Waals surface area contributed by atoms with Crippen molar-refractivity contribution in [3.8, 4) is 0 Å². The molecule has 0 spiro atoms. The average molecular weight is 267 g/mol. The van der Waals surface area contributed by atoms with Crippen LogP contribution < -0.4 is 10.9 Å². The van der Waals surface area contributed by atoms with Gasteiger partial charge in [0.2, 0.25) is 0 Å². The number of rotatable bonds is 4. The largest absolute Gasteiger partial charge is 0.316 e. The van der Waals surface area contributed by atoms with Crippen LogP contribution in [0.1, 0.15) is 32.6 Å². The zero-order valence-corrected chi connectivity index (χ0v) is 11.8. The highest BCUT2D eigenvalue weighted by Crippen LogP contribution is 2.36. The monoisotopic (exact) mass is 267 g/mol. The molecule has 2 rings (SSSR count). The molecule has 0 saturated heterocycles. The van der Waals surface area contributed by atoms with E-state index in [2.05, 4.69) is 22.2 Å². The fourth-order valence-corrected chi connectivity index (χ4v) is 3.97. The second-order valence-electron chi connectivity index (χ2n) is 4.88. The highest BCUT2D eigenvalue weighted by molar-refractivity contribution is 7.99. The van der Waals surface area contributed by atoms with E-state index in [0.717, 1.165) is 11.1 Å². The van der Waals surface area contributed by atoms with E-state index in [4.69, 9.17) is 0 Å². The van der Waals surface area contributed by atoms with Gasteiger partial charge >= 0.3 is 0 Å². The molecule has 3 atom stereocenters. The van der Waals surface area contributed by atoms with Crippen LogP contribution in [0.5, 0.6) is 0 Å². The number of H-pyrrole nitrogens is 1. The SMILES string of the molecule is CCC1CCC(NC)C(Sc2nccc(=O)[nH]2)C1. The number of nitrogens with one attached hydrogen (secondary N) is 2. The molecule has 1 aromatic heterocycles. The van der Waals surface area contributed by atoms with Crippen LogP contribution in [0.2, 0.25) is 0 Å². The summed E-state index contributed by atoms with van der Waals surface area (Å²) < 4.78 is 0. The van der Waals surface area contributed by atoms with Crippen LogP contribution in [0, 0.1) is 5.92 Å². The van der Waals surface area contributed by atoms with Crippen LogP contribution in [-0.4, -0.2) is 28.3 Å². The minimum atomic E-state index is -0.0728. The van der Waals surface area contributed by atoms with Crippen molar-refractivity contribution >= 4 is 11.8 Å². The van der Waals surface area contributed by atoms with E-state index in [1.165, 1.54) is 31.7 Å². The Morgan fingerprint density at radius 2 is 2.39 bits per heavy atom. The molecule has 4 nitrogen and oxygen atoms in total. The number of hydrogen-bond donors (Lipinski definition) is 2. The summed E-state index contributed by atoms with van der Waals surface area (Å²) in [6.07, 6.45) is 6.54. The van der Waals surface area contributed by atoms with Crippen LogP contribution in [-0.2, 0) is 0 Å². The van der Waals surface area contributed by atoms with E-state index in [-0.39, 0.29) is 5.56 Å². The molecule has 1 saturated carbocycles. The molecule has 1 aliphatic rings. The van der Waals surface area contributed by atoms with Gasteiger partial charge in [0.15, 0.2) is 5.16 Å². The first-order chi connectivity index (χ1) is 8.72. The molecule has 0 aliphatic heterocycles. The quantitative estimate of drug-likeness (QED) is 0.820. The highest BCUT2D eigenvalue weighted by Gasteiger charge is 2.29. The van der Waals surface area contributed by atoms with Crippen molar-refractivity contribution < 1.29 is 0 Å². The predicted octanol–water partition coefficient (Wildman–Crippen LogP) is 2.03. The molecule has 1 aliphatic carbocycles. The summed E-state index contributed by atoms with van der Waals surface area (Å²) in [5.41, 5.74) is -0.0728. The normalized spacial score (nSPS) is 28.2. The lowest BCUT2D eigenvalue weighted by atomic mass is 9.84. The predicted molar refractivity (Wildman–Crippen MR) is 75.0 cm³/mol. The molecular weight excluding hydrogens is 246 g/mol. The Morgan fingerprint density at radius 3 is 3.06 bits per heavy atom. The molecule has 2 N–H and O–H groups in total. The van der Waals surface area contributed by atoms with E-state index >= 15 is 0 Å². The Balaban J connectivity index is 2.06. The van der Waals surface area contributed by atoms with Crippen LogP contribution >= 0.6 is 11.8 Å². The first kappa shape index (κ1) is 13.6. The molecule has 18 heavy (non-hydrogen) atoms. The third-order valence-electron chi connectivity index (χ3n) is 3.76. The topological polar surface area (TPSA) is 57.8 Å². The lowest BCUT2D eigenvalue weighted by Gasteiger charge is -2.34. The van der Waals surface area contributed by atoms with E-state index < -0.39 is 0 Å². The average Bonchev–Trinajstić information content (AvgIpc) is 2.38.